The van der Waals surface area contributed by atoms with Gasteiger partial charge in [-0.25, -0.2) is 4.39 Å². The molecule has 0 saturated heterocycles. The van der Waals surface area contributed by atoms with Gasteiger partial charge in [-0.2, -0.15) is 0 Å². The van der Waals surface area contributed by atoms with E-state index in [-0.39, 0.29) is 11.9 Å². The Bertz CT molecular complexity index is 578. The molecular formula is C24H37FO2. The van der Waals surface area contributed by atoms with Crippen LogP contribution in [0.4, 0.5) is 4.39 Å². The summed E-state index contributed by atoms with van der Waals surface area (Å²) in [5, 5.41) is 0. The largest absolute Gasteiger partial charge is 0.487 e. The molecule has 1 aromatic carbocycles. The lowest BCUT2D eigenvalue weighted by molar-refractivity contribution is 0.0229. The van der Waals surface area contributed by atoms with Gasteiger partial charge in [-0.05, 0) is 94.2 Å². The highest BCUT2D eigenvalue weighted by molar-refractivity contribution is 5.40. The molecule has 1 aromatic rings. The molecule has 0 amide bonds. The van der Waals surface area contributed by atoms with Gasteiger partial charge in [-0.3, -0.25) is 0 Å². The molecule has 0 N–H and O–H groups in total. The fourth-order valence-corrected chi connectivity index (χ4v) is 4.74. The molecule has 3 rings (SSSR count). The van der Waals surface area contributed by atoms with E-state index in [2.05, 4.69) is 19.9 Å². The van der Waals surface area contributed by atoms with Gasteiger partial charge in [0.2, 0.25) is 0 Å². The second-order valence-electron chi connectivity index (χ2n) is 8.48. The maximum absolute atomic E-state index is 14.6. The SMILES string of the molecule is CCCCCc1cc(F)c2c(c1)CCC(CCC1CCC(OCC)CC1)O2. The van der Waals surface area contributed by atoms with Crippen molar-refractivity contribution in [3.05, 3.63) is 29.1 Å². The summed E-state index contributed by atoms with van der Waals surface area (Å²) in [5.74, 6) is 1.17. The van der Waals surface area contributed by atoms with Crippen LogP contribution in [0.2, 0.25) is 0 Å². The Morgan fingerprint density at radius 3 is 2.59 bits per heavy atom. The summed E-state index contributed by atoms with van der Waals surface area (Å²) in [6, 6.07) is 3.88. The number of benzene rings is 1. The van der Waals surface area contributed by atoms with Crippen LogP contribution in [0.25, 0.3) is 0 Å². The van der Waals surface area contributed by atoms with Crippen molar-refractivity contribution in [2.45, 2.75) is 103 Å². The highest BCUT2D eigenvalue weighted by Crippen LogP contribution is 2.35. The Morgan fingerprint density at radius 1 is 1.04 bits per heavy atom. The van der Waals surface area contributed by atoms with E-state index < -0.39 is 0 Å². The molecule has 0 radical (unpaired) electrons. The zero-order chi connectivity index (χ0) is 19.1. The number of hydrogen-bond donors (Lipinski definition) is 0. The zero-order valence-electron chi connectivity index (χ0n) is 17.3. The number of unbranched alkanes of at least 4 members (excludes halogenated alkanes) is 2. The van der Waals surface area contributed by atoms with Crippen molar-refractivity contribution < 1.29 is 13.9 Å². The molecule has 1 saturated carbocycles. The summed E-state index contributed by atoms with van der Waals surface area (Å²) in [6.07, 6.45) is 14.4. The van der Waals surface area contributed by atoms with Gasteiger partial charge in [0, 0.05) is 6.61 Å². The number of fused-ring (bicyclic) bond motifs is 1. The van der Waals surface area contributed by atoms with E-state index in [0.29, 0.717) is 11.9 Å². The predicted octanol–water partition coefficient (Wildman–Crippen LogP) is 6.63. The van der Waals surface area contributed by atoms with E-state index in [0.717, 1.165) is 55.8 Å². The summed E-state index contributed by atoms with van der Waals surface area (Å²) in [6.45, 7) is 5.11. The summed E-state index contributed by atoms with van der Waals surface area (Å²) >= 11 is 0. The maximum atomic E-state index is 14.6. The third-order valence-corrected chi connectivity index (χ3v) is 6.36. The Kier molecular flexibility index (Phi) is 7.99. The second-order valence-corrected chi connectivity index (χ2v) is 8.48. The van der Waals surface area contributed by atoms with Gasteiger partial charge in [-0.15, -0.1) is 0 Å². The quantitative estimate of drug-likeness (QED) is 0.450. The van der Waals surface area contributed by atoms with Crippen molar-refractivity contribution in [3.63, 3.8) is 0 Å². The summed E-state index contributed by atoms with van der Waals surface area (Å²) < 4.78 is 26.4. The van der Waals surface area contributed by atoms with E-state index in [4.69, 9.17) is 9.47 Å². The molecule has 1 fully saturated rings. The van der Waals surface area contributed by atoms with Gasteiger partial charge in [0.25, 0.3) is 0 Å². The molecule has 0 spiro atoms. The number of rotatable bonds is 9. The maximum Gasteiger partial charge on any atom is 0.165 e. The van der Waals surface area contributed by atoms with Crippen LogP contribution in [0.5, 0.6) is 5.75 Å². The zero-order valence-corrected chi connectivity index (χ0v) is 17.3. The van der Waals surface area contributed by atoms with Crippen molar-refractivity contribution >= 4 is 0 Å². The molecule has 1 heterocycles. The first kappa shape index (κ1) is 20.6. The van der Waals surface area contributed by atoms with Gasteiger partial charge in [0.1, 0.15) is 0 Å². The Morgan fingerprint density at radius 2 is 1.85 bits per heavy atom. The van der Waals surface area contributed by atoms with Gasteiger partial charge in [-0.1, -0.05) is 25.8 Å². The average molecular weight is 377 g/mol. The van der Waals surface area contributed by atoms with Gasteiger partial charge >= 0.3 is 0 Å². The van der Waals surface area contributed by atoms with Crippen LogP contribution in [-0.2, 0) is 17.6 Å². The minimum atomic E-state index is -0.152. The monoisotopic (exact) mass is 376 g/mol. The van der Waals surface area contributed by atoms with Crippen molar-refractivity contribution in [2.24, 2.45) is 5.92 Å². The molecule has 3 heteroatoms. The first-order valence-electron chi connectivity index (χ1n) is 11.3. The molecule has 27 heavy (non-hydrogen) atoms. The summed E-state index contributed by atoms with van der Waals surface area (Å²) in [4.78, 5) is 0. The van der Waals surface area contributed by atoms with Crippen LogP contribution < -0.4 is 4.74 Å². The van der Waals surface area contributed by atoms with E-state index >= 15 is 0 Å². The topological polar surface area (TPSA) is 18.5 Å². The lowest BCUT2D eigenvalue weighted by Crippen LogP contribution is -2.26. The highest BCUT2D eigenvalue weighted by atomic mass is 19.1. The number of halogens is 1. The summed E-state index contributed by atoms with van der Waals surface area (Å²) in [5.41, 5.74) is 2.21. The normalized spacial score (nSPS) is 25.1. The second kappa shape index (κ2) is 10.5. The molecule has 0 aromatic heterocycles. The molecule has 1 aliphatic heterocycles. The van der Waals surface area contributed by atoms with Crippen molar-refractivity contribution in [3.8, 4) is 5.75 Å². The summed E-state index contributed by atoms with van der Waals surface area (Å²) in [7, 11) is 0. The fraction of sp³-hybridized carbons (Fsp3) is 0.750. The van der Waals surface area contributed by atoms with E-state index in [1.54, 1.807) is 6.07 Å². The minimum Gasteiger partial charge on any atom is -0.487 e. The van der Waals surface area contributed by atoms with E-state index in [1.165, 1.54) is 44.9 Å². The minimum absolute atomic E-state index is 0.152. The number of ether oxygens (including phenoxy) is 2. The fourth-order valence-electron chi connectivity index (χ4n) is 4.74. The lowest BCUT2D eigenvalue weighted by Gasteiger charge is -2.31. The first-order valence-corrected chi connectivity index (χ1v) is 11.3. The Hall–Kier alpha value is -1.09. The van der Waals surface area contributed by atoms with Crippen LogP contribution in [0, 0.1) is 11.7 Å². The Balaban J connectivity index is 1.47. The van der Waals surface area contributed by atoms with E-state index in [9.17, 15) is 4.39 Å². The van der Waals surface area contributed by atoms with Crippen LogP contribution in [0.15, 0.2) is 12.1 Å². The van der Waals surface area contributed by atoms with Crippen LogP contribution in [-0.4, -0.2) is 18.8 Å². The molecule has 1 aliphatic carbocycles. The smallest absolute Gasteiger partial charge is 0.165 e. The molecule has 152 valence electrons. The van der Waals surface area contributed by atoms with Crippen LogP contribution in [0.1, 0.15) is 89.2 Å². The van der Waals surface area contributed by atoms with Crippen molar-refractivity contribution in [1.29, 1.82) is 0 Å². The van der Waals surface area contributed by atoms with Crippen molar-refractivity contribution in [1.82, 2.24) is 0 Å². The molecule has 0 bridgehead atoms. The molecule has 1 unspecified atom stereocenters. The standard InChI is InChI=1S/C24H37FO2/c1-3-5-6-7-19-16-20-11-15-22(27-24(20)23(25)17-19)14-10-18-8-12-21(13-9-18)26-4-2/h16-18,21-22H,3-15H2,1-2H3. The van der Waals surface area contributed by atoms with Crippen molar-refractivity contribution in [2.75, 3.05) is 6.61 Å². The van der Waals surface area contributed by atoms with E-state index in [1.807, 2.05) is 0 Å². The van der Waals surface area contributed by atoms with Crippen LogP contribution in [0.3, 0.4) is 0 Å². The van der Waals surface area contributed by atoms with Gasteiger partial charge < -0.3 is 9.47 Å². The van der Waals surface area contributed by atoms with Gasteiger partial charge in [0.05, 0.1) is 12.2 Å². The molecular weight excluding hydrogens is 339 g/mol. The molecule has 1 atom stereocenters. The first-order chi connectivity index (χ1) is 13.2. The lowest BCUT2D eigenvalue weighted by atomic mass is 9.83. The van der Waals surface area contributed by atoms with Gasteiger partial charge in [0.15, 0.2) is 11.6 Å². The predicted molar refractivity (Wildman–Crippen MR) is 109 cm³/mol. The molecule has 2 aliphatic rings. The van der Waals surface area contributed by atoms with Crippen LogP contribution >= 0.6 is 0 Å². The Labute approximate surface area is 164 Å². The molecule has 2 nitrogen and oxygen atoms in total. The third-order valence-electron chi connectivity index (χ3n) is 6.36. The number of hydrogen-bond acceptors (Lipinski definition) is 2. The third kappa shape index (κ3) is 5.94. The number of aryl methyl sites for hydroxylation is 2. The highest BCUT2D eigenvalue weighted by Gasteiger charge is 2.26. The average Bonchev–Trinajstić information content (AvgIpc) is 2.68.